The van der Waals surface area contributed by atoms with Crippen LogP contribution in [0.1, 0.15) is 26.4 Å². The van der Waals surface area contributed by atoms with E-state index in [0.29, 0.717) is 0 Å². The Labute approximate surface area is 161 Å². The number of fused-ring (bicyclic) bond motifs is 1. The molecule has 7 nitrogen and oxygen atoms in total. The highest BCUT2D eigenvalue weighted by Gasteiger charge is 2.37. The molecule has 0 unspecified atom stereocenters. The van der Waals surface area contributed by atoms with Gasteiger partial charge in [0.15, 0.2) is 0 Å². The maximum Gasteiger partial charge on any atom is 0.284 e. The van der Waals surface area contributed by atoms with E-state index in [-0.39, 0.29) is 27.5 Å². The predicted molar refractivity (Wildman–Crippen MR) is 104 cm³/mol. The minimum absolute atomic E-state index is 0.0816. The van der Waals surface area contributed by atoms with Crippen molar-refractivity contribution < 1.29 is 18.0 Å². The first-order chi connectivity index (χ1) is 13.4. The molecule has 140 valence electrons. The molecule has 1 aromatic heterocycles. The number of aryl methyl sites for hydroxylation is 1. The number of hydrogen-bond acceptors (Lipinski definition) is 5. The first kappa shape index (κ1) is 17.9. The average molecular weight is 393 g/mol. The topological polar surface area (TPSA) is 96.4 Å². The van der Waals surface area contributed by atoms with Crippen molar-refractivity contribution in [3.05, 3.63) is 83.7 Å². The first-order valence-corrected chi connectivity index (χ1v) is 9.88. The lowest BCUT2D eigenvalue weighted by atomic mass is 10.2. The highest BCUT2D eigenvalue weighted by Crippen LogP contribution is 2.29. The zero-order valence-corrected chi connectivity index (χ0v) is 15.6. The molecular formula is C20H15N3O4S. The van der Waals surface area contributed by atoms with Crippen LogP contribution in [0.3, 0.4) is 0 Å². The summed E-state index contributed by atoms with van der Waals surface area (Å²) in [6.45, 7) is 1.87. The van der Waals surface area contributed by atoms with Gasteiger partial charge in [0.05, 0.1) is 21.8 Å². The number of aromatic nitrogens is 1. The molecule has 2 heterocycles. The molecule has 1 N–H and O–H groups in total. The van der Waals surface area contributed by atoms with E-state index in [9.17, 15) is 18.0 Å². The van der Waals surface area contributed by atoms with E-state index in [0.717, 1.165) is 10.5 Å². The van der Waals surface area contributed by atoms with Gasteiger partial charge in [0.25, 0.3) is 21.8 Å². The third-order valence-corrected chi connectivity index (χ3v) is 5.73. The summed E-state index contributed by atoms with van der Waals surface area (Å²) < 4.78 is 27.6. The van der Waals surface area contributed by atoms with Gasteiger partial charge in [-0.3, -0.25) is 19.3 Å². The zero-order chi connectivity index (χ0) is 19.9. The molecule has 28 heavy (non-hydrogen) atoms. The minimum Gasteiger partial charge on any atom is -0.280 e. The van der Waals surface area contributed by atoms with Crippen molar-refractivity contribution in [2.24, 2.45) is 0 Å². The molecule has 0 bridgehead atoms. The molecule has 4 rings (SSSR count). The molecule has 0 fully saturated rings. The molecule has 0 atom stereocenters. The van der Waals surface area contributed by atoms with E-state index in [1.165, 1.54) is 30.5 Å². The maximum atomic E-state index is 12.6. The monoisotopic (exact) mass is 393 g/mol. The summed E-state index contributed by atoms with van der Waals surface area (Å²) >= 11 is 0. The van der Waals surface area contributed by atoms with E-state index in [4.69, 9.17) is 0 Å². The van der Waals surface area contributed by atoms with Crippen LogP contribution in [-0.4, -0.2) is 25.2 Å². The van der Waals surface area contributed by atoms with E-state index in [2.05, 4.69) is 9.71 Å². The van der Waals surface area contributed by atoms with Gasteiger partial charge in [0, 0.05) is 6.20 Å². The Morgan fingerprint density at radius 3 is 2.39 bits per heavy atom. The number of hydrogen-bond donors (Lipinski definition) is 1. The summed E-state index contributed by atoms with van der Waals surface area (Å²) in [5.74, 6) is -1.04. The number of nitrogens with one attached hydrogen (secondary N) is 1. The largest absolute Gasteiger partial charge is 0.284 e. The van der Waals surface area contributed by atoms with Crippen molar-refractivity contribution in [3.63, 3.8) is 0 Å². The summed E-state index contributed by atoms with van der Waals surface area (Å²) in [4.78, 5) is 30.2. The highest BCUT2D eigenvalue weighted by atomic mass is 32.2. The normalized spacial score (nSPS) is 13.5. The second kappa shape index (κ2) is 6.58. The number of carbonyl (C=O) groups excluding carboxylic acids is 2. The number of pyridine rings is 1. The third-order valence-electron chi connectivity index (χ3n) is 4.33. The molecule has 1 aliphatic rings. The fourth-order valence-electron chi connectivity index (χ4n) is 2.94. The van der Waals surface area contributed by atoms with Gasteiger partial charge in [-0.15, -0.1) is 0 Å². The second-order valence-electron chi connectivity index (χ2n) is 6.31. The molecule has 2 aromatic carbocycles. The van der Waals surface area contributed by atoms with Crippen molar-refractivity contribution in [3.8, 4) is 0 Å². The van der Waals surface area contributed by atoms with Crippen LogP contribution in [0.25, 0.3) is 0 Å². The number of sulfonamides is 1. The Morgan fingerprint density at radius 2 is 1.68 bits per heavy atom. The number of amides is 2. The van der Waals surface area contributed by atoms with Crippen LogP contribution >= 0.6 is 0 Å². The van der Waals surface area contributed by atoms with Gasteiger partial charge in [-0.2, -0.15) is 0 Å². The molecule has 0 spiro atoms. The lowest BCUT2D eigenvalue weighted by Gasteiger charge is -2.15. The number of benzene rings is 2. The second-order valence-corrected chi connectivity index (χ2v) is 8.00. The Morgan fingerprint density at radius 1 is 0.929 bits per heavy atom. The van der Waals surface area contributed by atoms with E-state index in [1.54, 1.807) is 36.4 Å². The zero-order valence-electron chi connectivity index (χ0n) is 14.8. The molecule has 3 aromatic rings. The fourth-order valence-corrected chi connectivity index (χ4v) is 3.99. The van der Waals surface area contributed by atoms with Gasteiger partial charge in [-0.25, -0.2) is 13.3 Å². The summed E-state index contributed by atoms with van der Waals surface area (Å²) in [5.41, 5.74) is 1.75. The van der Waals surface area contributed by atoms with E-state index < -0.39 is 21.8 Å². The van der Waals surface area contributed by atoms with Gasteiger partial charge in [-0.1, -0.05) is 23.8 Å². The number of imide groups is 1. The lowest BCUT2D eigenvalue weighted by Crippen LogP contribution is -2.29. The molecular weight excluding hydrogens is 378 g/mol. The fraction of sp³-hybridized carbons (Fsp3) is 0.0500. The van der Waals surface area contributed by atoms with E-state index >= 15 is 0 Å². The Hall–Kier alpha value is -3.52. The van der Waals surface area contributed by atoms with Crippen molar-refractivity contribution in [2.45, 2.75) is 11.8 Å². The van der Waals surface area contributed by atoms with Crippen molar-refractivity contribution in [1.82, 2.24) is 4.98 Å². The van der Waals surface area contributed by atoms with Crippen molar-refractivity contribution >= 4 is 33.2 Å². The van der Waals surface area contributed by atoms with Crippen LogP contribution in [0.15, 0.2) is 71.8 Å². The predicted octanol–water partition coefficient (Wildman–Crippen LogP) is 2.99. The standard InChI is InChI=1S/C20H15N3O4S/c1-13-7-9-16(10-8-13)28(26,27)22-14-4-2-5-15(12-14)23-19(24)17-6-3-11-21-18(17)20(23)25/h2-12,22H,1H3. The van der Waals surface area contributed by atoms with Gasteiger partial charge < -0.3 is 0 Å². The average Bonchev–Trinajstić information content (AvgIpc) is 2.93. The van der Waals surface area contributed by atoms with Crippen LogP contribution in [0.2, 0.25) is 0 Å². The SMILES string of the molecule is Cc1ccc(S(=O)(=O)Nc2cccc(N3C(=O)c4cccnc4C3=O)c2)cc1. The Kier molecular flexibility index (Phi) is 4.20. The van der Waals surface area contributed by atoms with Crippen LogP contribution in [0, 0.1) is 6.92 Å². The molecule has 0 radical (unpaired) electrons. The smallest absolute Gasteiger partial charge is 0.280 e. The molecule has 0 aliphatic carbocycles. The number of rotatable bonds is 4. The number of anilines is 2. The number of carbonyl (C=O) groups is 2. The Bertz CT molecular complexity index is 1170. The molecule has 1 aliphatic heterocycles. The van der Waals surface area contributed by atoms with E-state index in [1.807, 2.05) is 6.92 Å². The van der Waals surface area contributed by atoms with Gasteiger partial charge in [0.2, 0.25) is 0 Å². The number of nitrogens with zero attached hydrogens (tertiary/aromatic N) is 2. The molecule has 8 heteroatoms. The van der Waals surface area contributed by atoms with Crippen LogP contribution in [-0.2, 0) is 10.0 Å². The van der Waals surface area contributed by atoms with Crippen molar-refractivity contribution in [1.29, 1.82) is 0 Å². The maximum absolute atomic E-state index is 12.6. The molecule has 0 saturated carbocycles. The summed E-state index contributed by atoms with van der Waals surface area (Å²) in [6.07, 6.45) is 1.44. The quantitative estimate of drug-likeness (QED) is 0.688. The first-order valence-electron chi connectivity index (χ1n) is 8.40. The van der Waals surface area contributed by atoms with Crippen LogP contribution in [0.5, 0.6) is 0 Å². The summed E-state index contributed by atoms with van der Waals surface area (Å²) in [7, 11) is -3.80. The van der Waals surface area contributed by atoms with Crippen LogP contribution in [0.4, 0.5) is 11.4 Å². The van der Waals surface area contributed by atoms with Gasteiger partial charge >= 0.3 is 0 Å². The summed E-state index contributed by atoms with van der Waals surface area (Å²) in [5, 5.41) is 0. The molecule has 0 saturated heterocycles. The lowest BCUT2D eigenvalue weighted by molar-refractivity contribution is 0.0924. The van der Waals surface area contributed by atoms with Gasteiger partial charge in [-0.05, 0) is 49.4 Å². The summed E-state index contributed by atoms with van der Waals surface area (Å²) in [6, 6.07) is 15.7. The molecule has 2 amide bonds. The highest BCUT2D eigenvalue weighted by molar-refractivity contribution is 7.92. The van der Waals surface area contributed by atoms with Crippen molar-refractivity contribution in [2.75, 3.05) is 9.62 Å². The third kappa shape index (κ3) is 3.03. The Balaban J connectivity index is 1.65. The van der Waals surface area contributed by atoms with Crippen LogP contribution < -0.4 is 9.62 Å². The van der Waals surface area contributed by atoms with Gasteiger partial charge in [0.1, 0.15) is 5.69 Å². The minimum atomic E-state index is -3.80.